The van der Waals surface area contributed by atoms with Crippen molar-refractivity contribution in [1.29, 1.82) is 0 Å². The van der Waals surface area contributed by atoms with E-state index in [9.17, 15) is 9.59 Å². The average molecular weight is 173 g/mol. The molecule has 0 unspecified atom stereocenters. The zero-order valence-corrected chi connectivity index (χ0v) is 7.44. The summed E-state index contributed by atoms with van der Waals surface area (Å²) >= 11 is 0. The van der Waals surface area contributed by atoms with Crippen LogP contribution in [0.4, 0.5) is 4.79 Å². The van der Waals surface area contributed by atoms with Crippen LogP contribution in [0, 0.1) is 0 Å². The average Bonchev–Trinajstić information content (AvgIpc) is 2.03. The molecule has 0 aromatic heterocycles. The third-order valence-corrected chi connectivity index (χ3v) is 1.24. The van der Waals surface area contributed by atoms with Crippen LogP contribution in [0.25, 0.3) is 0 Å². The van der Waals surface area contributed by atoms with Crippen molar-refractivity contribution < 1.29 is 9.59 Å². The summed E-state index contributed by atoms with van der Waals surface area (Å²) in [6.07, 6.45) is 0.743. The molecule has 0 spiro atoms. The maximum Gasteiger partial charge on any atom is 0.314 e. The van der Waals surface area contributed by atoms with E-state index in [1.54, 1.807) is 7.05 Å². The maximum absolute atomic E-state index is 10.6. The minimum absolute atomic E-state index is 0.0463. The van der Waals surface area contributed by atoms with Crippen LogP contribution in [-0.4, -0.2) is 32.1 Å². The lowest BCUT2D eigenvalue weighted by Gasteiger charge is -2.03. The van der Waals surface area contributed by atoms with E-state index in [-0.39, 0.29) is 11.9 Å². The summed E-state index contributed by atoms with van der Waals surface area (Å²) in [5, 5.41) is 7.66. The Morgan fingerprint density at radius 1 is 1.17 bits per heavy atom. The molecule has 0 heterocycles. The molecule has 0 saturated heterocycles. The number of urea groups is 1. The highest BCUT2D eigenvalue weighted by atomic mass is 16.2. The van der Waals surface area contributed by atoms with Gasteiger partial charge in [-0.25, -0.2) is 4.79 Å². The van der Waals surface area contributed by atoms with Crippen LogP contribution >= 0.6 is 0 Å². The number of rotatable bonds is 4. The van der Waals surface area contributed by atoms with E-state index in [4.69, 9.17) is 0 Å². The zero-order chi connectivity index (χ0) is 9.40. The molecule has 3 amide bonds. The van der Waals surface area contributed by atoms with Gasteiger partial charge in [-0.1, -0.05) is 0 Å². The zero-order valence-electron chi connectivity index (χ0n) is 7.44. The Bertz CT molecular complexity index is 159. The predicted octanol–water partition coefficient (Wildman–Crippen LogP) is -0.558. The second kappa shape index (κ2) is 6.45. The highest BCUT2D eigenvalue weighted by molar-refractivity contribution is 5.73. The van der Waals surface area contributed by atoms with Gasteiger partial charge in [0.1, 0.15) is 0 Å². The molecular weight excluding hydrogens is 158 g/mol. The summed E-state index contributed by atoms with van der Waals surface area (Å²) in [5.41, 5.74) is 0. The van der Waals surface area contributed by atoms with Gasteiger partial charge in [-0.05, 0) is 6.42 Å². The number of amides is 3. The topological polar surface area (TPSA) is 70.2 Å². The highest BCUT2D eigenvalue weighted by Crippen LogP contribution is 1.73. The van der Waals surface area contributed by atoms with Crippen molar-refractivity contribution in [1.82, 2.24) is 16.0 Å². The fourth-order valence-electron chi connectivity index (χ4n) is 0.643. The second-order valence-electron chi connectivity index (χ2n) is 2.34. The molecule has 0 atom stereocenters. The molecule has 0 bridgehead atoms. The van der Waals surface area contributed by atoms with E-state index in [1.807, 2.05) is 0 Å². The van der Waals surface area contributed by atoms with Gasteiger partial charge in [-0.2, -0.15) is 0 Å². The molecule has 0 fully saturated rings. The SMILES string of the molecule is CNC(=O)NCCCNC(C)=O. The van der Waals surface area contributed by atoms with Gasteiger partial charge in [0.05, 0.1) is 0 Å². The fraction of sp³-hybridized carbons (Fsp3) is 0.714. The predicted molar refractivity (Wildman–Crippen MR) is 45.8 cm³/mol. The van der Waals surface area contributed by atoms with Crippen molar-refractivity contribution >= 4 is 11.9 Å². The molecular formula is C7H15N3O2. The summed E-state index contributed by atoms with van der Waals surface area (Å²) in [5.74, 6) is -0.0463. The highest BCUT2D eigenvalue weighted by Gasteiger charge is 1.94. The molecule has 5 nitrogen and oxygen atoms in total. The van der Waals surface area contributed by atoms with Crippen molar-refractivity contribution in [2.75, 3.05) is 20.1 Å². The van der Waals surface area contributed by atoms with E-state index >= 15 is 0 Å². The van der Waals surface area contributed by atoms with Crippen LogP contribution in [0.5, 0.6) is 0 Å². The molecule has 0 aliphatic heterocycles. The monoisotopic (exact) mass is 173 g/mol. The first-order chi connectivity index (χ1) is 5.66. The van der Waals surface area contributed by atoms with E-state index in [2.05, 4.69) is 16.0 Å². The molecule has 3 N–H and O–H groups in total. The van der Waals surface area contributed by atoms with Gasteiger partial charge in [0.2, 0.25) is 5.91 Å². The van der Waals surface area contributed by atoms with Crippen LogP contribution in [0.1, 0.15) is 13.3 Å². The molecule has 0 aromatic carbocycles. The van der Waals surface area contributed by atoms with Crippen LogP contribution in [0.15, 0.2) is 0 Å². The summed E-state index contributed by atoms with van der Waals surface area (Å²) < 4.78 is 0. The summed E-state index contributed by atoms with van der Waals surface area (Å²) in [6.45, 7) is 2.63. The number of hydrogen-bond acceptors (Lipinski definition) is 2. The van der Waals surface area contributed by atoms with E-state index < -0.39 is 0 Å². The van der Waals surface area contributed by atoms with Crippen molar-refractivity contribution in [2.24, 2.45) is 0 Å². The molecule has 0 aromatic rings. The largest absolute Gasteiger partial charge is 0.356 e. The summed E-state index contributed by atoms with van der Waals surface area (Å²) in [6, 6.07) is -0.196. The molecule has 5 heteroatoms. The first-order valence-electron chi connectivity index (χ1n) is 3.87. The number of hydrogen-bond donors (Lipinski definition) is 3. The van der Waals surface area contributed by atoms with Crippen molar-refractivity contribution in [3.8, 4) is 0 Å². The van der Waals surface area contributed by atoms with E-state index in [0.29, 0.717) is 13.1 Å². The normalized spacial score (nSPS) is 8.83. The summed E-state index contributed by atoms with van der Waals surface area (Å²) in [7, 11) is 1.56. The van der Waals surface area contributed by atoms with Crippen molar-refractivity contribution in [3.63, 3.8) is 0 Å². The first-order valence-corrected chi connectivity index (χ1v) is 3.87. The molecule has 12 heavy (non-hydrogen) atoms. The van der Waals surface area contributed by atoms with Crippen molar-refractivity contribution in [3.05, 3.63) is 0 Å². The van der Waals surface area contributed by atoms with Gasteiger partial charge >= 0.3 is 6.03 Å². The second-order valence-corrected chi connectivity index (χ2v) is 2.34. The lowest BCUT2D eigenvalue weighted by Crippen LogP contribution is -2.34. The Morgan fingerprint density at radius 2 is 1.75 bits per heavy atom. The molecule has 0 aliphatic rings. The smallest absolute Gasteiger partial charge is 0.314 e. The van der Waals surface area contributed by atoms with Gasteiger partial charge in [-0.3, -0.25) is 4.79 Å². The standard InChI is InChI=1S/C7H15N3O2/c1-6(11)9-4-3-5-10-7(12)8-2/h3-5H2,1-2H3,(H,9,11)(H2,8,10,12). The van der Waals surface area contributed by atoms with Crippen LogP contribution in [0.3, 0.4) is 0 Å². The van der Waals surface area contributed by atoms with Gasteiger partial charge in [-0.15, -0.1) is 0 Å². The van der Waals surface area contributed by atoms with E-state index in [0.717, 1.165) is 6.42 Å². The Balaban J connectivity index is 3.11. The third kappa shape index (κ3) is 6.85. The quantitative estimate of drug-likeness (QED) is 0.499. The maximum atomic E-state index is 10.6. The summed E-state index contributed by atoms with van der Waals surface area (Å²) in [4.78, 5) is 21.0. The molecule has 0 radical (unpaired) electrons. The van der Waals surface area contributed by atoms with Crippen molar-refractivity contribution in [2.45, 2.75) is 13.3 Å². The third-order valence-electron chi connectivity index (χ3n) is 1.24. The van der Waals surface area contributed by atoms with Crippen LogP contribution in [0.2, 0.25) is 0 Å². The number of nitrogens with one attached hydrogen (secondary N) is 3. The Kier molecular flexibility index (Phi) is 5.77. The Morgan fingerprint density at radius 3 is 2.25 bits per heavy atom. The van der Waals surface area contributed by atoms with Crippen LogP contribution in [-0.2, 0) is 4.79 Å². The number of carbonyl (C=O) groups excluding carboxylic acids is 2. The lowest BCUT2D eigenvalue weighted by molar-refractivity contribution is -0.118. The van der Waals surface area contributed by atoms with E-state index in [1.165, 1.54) is 6.92 Å². The fourth-order valence-corrected chi connectivity index (χ4v) is 0.643. The minimum Gasteiger partial charge on any atom is -0.356 e. The number of carbonyl (C=O) groups is 2. The van der Waals surface area contributed by atoms with Gasteiger partial charge in [0.15, 0.2) is 0 Å². The van der Waals surface area contributed by atoms with Gasteiger partial charge < -0.3 is 16.0 Å². The lowest BCUT2D eigenvalue weighted by atomic mass is 10.4. The van der Waals surface area contributed by atoms with Gasteiger partial charge in [0, 0.05) is 27.1 Å². The van der Waals surface area contributed by atoms with Gasteiger partial charge in [0.25, 0.3) is 0 Å². The van der Waals surface area contributed by atoms with Crippen LogP contribution < -0.4 is 16.0 Å². The Hall–Kier alpha value is -1.26. The molecule has 0 saturated carbocycles. The first kappa shape index (κ1) is 10.7. The molecule has 0 aliphatic carbocycles. The molecule has 0 rings (SSSR count). The minimum atomic E-state index is -0.196. The Labute approximate surface area is 71.9 Å². The molecule has 70 valence electrons.